The number of carbonyl (C=O) groups excluding carboxylic acids is 2. The van der Waals surface area contributed by atoms with E-state index in [2.05, 4.69) is 5.32 Å². The predicted molar refractivity (Wildman–Crippen MR) is 102 cm³/mol. The van der Waals surface area contributed by atoms with E-state index in [0.29, 0.717) is 18.2 Å². The fraction of sp³-hybridized carbons (Fsp3) is 0.600. The number of nitrogens with zero attached hydrogens (tertiary/aromatic N) is 1. The lowest BCUT2D eigenvalue weighted by molar-refractivity contribution is -0.144. The Labute approximate surface area is 158 Å². The Morgan fingerprint density at radius 1 is 1.27 bits per heavy atom. The molecule has 6 heteroatoms. The minimum absolute atomic E-state index is 0.0135. The topological polar surface area (TPSA) is 49.4 Å². The maximum Gasteiger partial charge on any atom is 0.243 e. The van der Waals surface area contributed by atoms with E-state index in [9.17, 15) is 14.0 Å². The molecule has 1 atom stereocenters. The van der Waals surface area contributed by atoms with Crippen molar-refractivity contribution >= 4 is 23.6 Å². The first-order valence-corrected chi connectivity index (χ1v) is 10.3. The Balaban J connectivity index is 1.66. The molecule has 4 nitrogen and oxygen atoms in total. The van der Waals surface area contributed by atoms with Crippen molar-refractivity contribution in [2.24, 2.45) is 5.41 Å². The molecular formula is C20H27FN2O2S. The lowest BCUT2D eigenvalue weighted by Gasteiger charge is -2.43. The van der Waals surface area contributed by atoms with Crippen LogP contribution >= 0.6 is 11.8 Å². The van der Waals surface area contributed by atoms with E-state index in [1.807, 2.05) is 32.9 Å². The van der Waals surface area contributed by atoms with Crippen molar-refractivity contribution in [3.8, 4) is 0 Å². The standard InChI is InChI=1S/C20H27FN2O2S/c1-19(2,3)18(25)23-13-26-11-16(23)17(24)22-12-20(9-4-10-20)14-5-7-15(21)8-6-14/h5-8,16H,4,9-13H2,1-3H3,(H,22,24). The van der Waals surface area contributed by atoms with Gasteiger partial charge in [-0.25, -0.2) is 4.39 Å². The summed E-state index contributed by atoms with van der Waals surface area (Å²) in [5.74, 6) is 0.890. The Morgan fingerprint density at radius 3 is 2.46 bits per heavy atom. The SMILES string of the molecule is CC(C)(C)C(=O)N1CSCC1C(=O)NCC1(c2ccc(F)cc2)CCC1. The van der Waals surface area contributed by atoms with Gasteiger partial charge in [-0.05, 0) is 30.5 Å². The molecule has 1 N–H and O–H groups in total. The summed E-state index contributed by atoms with van der Waals surface area (Å²) in [6.07, 6.45) is 3.09. The van der Waals surface area contributed by atoms with Gasteiger partial charge in [-0.2, -0.15) is 0 Å². The van der Waals surface area contributed by atoms with Gasteiger partial charge in [0, 0.05) is 23.1 Å². The molecule has 0 aromatic heterocycles. The third-order valence-corrected chi connectivity index (χ3v) is 6.47. The van der Waals surface area contributed by atoms with Gasteiger partial charge < -0.3 is 10.2 Å². The maximum atomic E-state index is 13.2. The van der Waals surface area contributed by atoms with Crippen LogP contribution in [0.3, 0.4) is 0 Å². The molecule has 26 heavy (non-hydrogen) atoms. The largest absolute Gasteiger partial charge is 0.353 e. The molecule has 1 saturated carbocycles. The summed E-state index contributed by atoms with van der Waals surface area (Å²) in [5, 5.41) is 3.08. The zero-order valence-corrected chi connectivity index (χ0v) is 16.5. The Bertz CT molecular complexity index is 680. The molecule has 1 aromatic carbocycles. The number of hydrogen-bond donors (Lipinski definition) is 1. The van der Waals surface area contributed by atoms with Gasteiger partial charge in [0.2, 0.25) is 11.8 Å². The summed E-state index contributed by atoms with van der Waals surface area (Å²) in [6.45, 7) is 6.18. The van der Waals surface area contributed by atoms with Gasteiger partial charge in [-0.15, -0.1) is 11.8 Å². The molecule has 1 heterocycles. The predicted octanol–water partition coefficient (Wildman–Crippen LogP) is 3.31. The summed E-state index contributed by atoms with van der Waals surface area (Å²) in [7, 11) is 0. The van der Waals surface area contributed by atoms with E-state index in [1.165, 1.54) is 12.1 Å². The first kappa shape index (κ1) is 19.2. The molecule has 1 saturated heterocycles. The molecule has 2 amide bonds. The summed E-state index contributed by atoms with van der Waals surface area (Å²) in [4.78, 5) is 27.1. The minimum atomic E-state index is -0.493. The van der Waals surface area contributed by atoms with Gasteiger partial charge >= 0.3 is 0 Å². The van der Waals surface area contributed by atoms with Crippen molar-refractivity contribution in [1.82, 2.24) is 10.2 Å². The number of rotatable bonds is 4. The van der Waals surface area contributed by atoms with E-state index >= 15 is 0 Å². The Morgan fingerprint density at radius 2 is 1.92 bits per heavy atom. The van der Waals surface area contributed by atoms with Crippen LogP contribution in [-0.2, 0) is 15.0 Å². The highest BCUT2D eigenvalue weighted by Crippen LogP contribution is 2.43. The molecule has 1 aromatic rings. The molecule has 2 aliphatic rings. The smallest absolute Gasteiger partial charge is 0.243 e. The molecule has 0 radical (unpaired) electrons. The van der Waals surface area contributed by atoms with E-state index in [1.54, 1.807) is 16.7 Å². The van der Waals surface area contributed by atoms with Gasteiger partial charge in [0.15, 0.2) is 0 Å². The van der Waals surface area contributed by atoms with Gasteiger partial charge in [0.25, 0.3) is 0 Å². The second-order valence-electron chi connectivity index (χ2n) is 8.40. The van der Waals surface area contributed by atoms with Crippen molar-refractivity contribution in [2.75, 3.05) is 18.2 Å². The number of thioether (sulfide) groups is 1. The third kappa shape index (κ3) is 3.75. The van der Waals surface area contributed by atoms with Crippen LogP contribution in [0.1, 0.15) is 45.6 Å². The average Bonchev–Trinajstić information content (AvgIpc) is 3.03. The van der Waals surface area contributed by atoms with Crippen molar-refractivity contribution in [2.45, 2.75) is 51.5 Å². The number of nitrogens with one attached hydrogen (secondary N) is 1. The second kappa shape index (κ2) is 7.22. The fourth-order valence-corrected chi connectivity index (χ4v) is 4.79. The highest BCUT2D eigenvalue weighted by Gasteiger charge is 2.42. The van der Waals surface area contributed by atoms with E-state index in [-0.39, 0.29) is 23.0 Å². The van der Waals surface area contributed by atoms with Crippen LogP contribution in [0.2, 0.25) is 0 Å². The first-order valence-electron chi connectivity index (χ1n) is 9.16. The average molecular weight is 379 g/mol. The van der Waals surface area contributed by atoms with E-state index in [4.69, 9.17) is 0 Å². The van der Waals surface area contributed by atoms with Crippen LogP contribution in [0.25, 0.3) is 0 Å². The van der Waals surface area contributed by atoms with Gasteiger partial charge in [-0.3, -0.25) is 9.59 Å². The molecule has 0 bridgehead atoms. The molecule has 3 rings (SSSR count). The van der Waals surface area contributed by atoms with Crippen LogP contribution in [0.15, 0.2) is 24.3 Å². The molecule has 2 fully saturated rings. The molecule has 142 valence electrons. The minimum Gasteiger partial charge on any atom is -0.353 e. The normalized spacial score (nSPS) is 22.0. The highest BCUT2D eigenvalue weighted by atomic mass is 32.2. The summed E-state index contributed by atoms with van der Waals surface area (Å²) in [6, 6.07) is 6.20. The molecular weight excluding hydrogens is 351 g/mol. The van der Waals surface area contributed by atoms with Gasteiger partial charge in [0.05, 0.1) is 5.88 Å². The molecule has 1 aliphatic carbocycles. The number of benzene rings is 1. The summed E-state index contributed by atoms with van der Waals surface area (Å²) >= 11 is 1.62. The monoisotopic (exact) mass is 378 g/mol. The lowest BCUT2D eigenvalue weighted by atomic mass is 9.64. The second-order valence-corrected chi connectivity index (χ2v) is 9.40. The van der Waals surface area contributed by atoms with Crippen LogP contribution in [0.5, 0.6) is 0 Å². The zero-order valence-electron chi connectivity index (χ0n) is 15.7. The highest BCUT2D eigenvalue weighted by molar-refractivity contribution is 7.99. The molecule has 1 unspecified atom stereocenters. The molecule has 1 aliphatic heterocycles. The Kier molecular flexibility index (Phi) is 5.33. The maximum absolute atomic E-state index is 13.2. The first-order chi connectivity index (χ1) is 12.2. The quantitative estimate of drug-likeness (QED) is 0.874. The Hall–Kier alpha value is -1.56. The van der Waals surface area contributed by atoms with Crippen molar-refractivity contribution in [1.29, 1.82) is 0 Å². The van der Waals surface area contributed by atoms with Crippen molar-refractivity contribution in [3.63, 3.8) is 0 Å². The van der Waals surface area contributed by atoms with E-state index in [0.717, 1.165) is 24.8 Å². The van der Waals surface area contributed by atoms with Gasteiger partial charge in [0.1, 0.15) is 11.9 Å². The fourth-order valence-electron chi connectivity index (χ4n) is 3.64. The van der Waals surface area contributed by atoms with Crippen LogP contribution < -0.4 is 5.32 Å². The summed E-state index contributed by atoms with van der Waals surface area (Å²) in [5.41, 5.74) is 0.481. The zero-order chi connectivity index (χ0) is 18.9. The number of halogens is 1. The number of carbonyl (C=O) groups is 2. The van der Waals surface area contributed by atoms with Gasteiger partial charge in [-0.1, -0.05) is 39.3 Å². The van der Waals surface area contributed by atoms with Crippen LogP contribution in [0.4, 0.5) is 4.39 Å². The van der Waals surface area contributed by atoms with E-state index < -0.39 is 11.5 Å². The van der Waals surface area contributed by atoms with Crippen molar-refractivity contribution in [3.05, 3.63) is 35.6 Å². The lowest BCUT2D eigenvalue weighted by Crippen LogP contribution is -2.53. The third-order valence-electron chi connectivity index (χ3n) is 5.46. The summed E-state index contributed by atoms with van der Waals surface area (Å²) < 4.78 is 13.2. The van der Waals surface area contributed by atoms with Crippen LogP contribution in [0, 0.1) is 11.2 Å². The van der Waals surface area contributed by atoms with Crippen LogP contribution in [-0.4, -0.2) is 40.9 Å². The van der Waals surface area contributed by atoms with Crippen molar-refractivity contribution < 1.29 is 14.0 Å². The number of amides is 2. The number of hydrogen-bond acceptors (Lipinski definition) is 3. The molecule has 0 spiro atoms.